The lowest BCUT2D eigenvalue weighted by atomic mass is 9.96. The first-order valence-corrected chi connectivity index (χ1v) is 9.06. The van der Waals surface area contributed by atoms with Gasteiger partial charge in [0.1, 0.15) is 18.1 Å². The molecule has 1 aromatic carbocycles. The van der Waals surface area contributed by atoms with Crippen molar-refractivity contribution in [2.75, 3.05) is 39.9 Å². The minimum Gasteiger partial charge on any atom is -0.497 e. The fraction of sp³-hybridized carbons (Fsp3) is 0.632. The van der Waals surface area contributed by atoms with Gasteiger partial charge in [0, 0.05) is 13.1 Å². The Balaban J connectivity index is 1.47. The molecular weight excluding hydrogens is 304 g/mol. The van der Waals surface area contributed by atoms with E-state index in [0.29, 0.717) is 13.0 Å². The Morgan fingerprint density at radius 2 is 2.08 bits per heavy atom. The fourth-order valence-electron chi connectivity index (χ4n) is 3.51. The molecule has 0 bridgehead atoms. The molecule has 1 unspecified atom stereocenters. The summed E-state index contributed by atoms with van der Waals surface area (Å²) < 4.78 is 11.0. The van der Waals surface area contributed by atoms with Gasteiger partial charge in [0.2, 0.25) is 5.91 Å². The van der Waals surface area contributed by atoms with Crippen LogP contribution in [0.5, 0.6) is 11.5 Å². The predicted molar refractivity (Wildman–Crippen MR) is 93.6 cm³/mol. The van der Waals surface area contributed by atoms with Crippen LogP contribution < -0.4 is 14.8 Å². The van der Waals surface area contributed by atoms with Gasteiger partial charge < -0.3 is 19.7 Å². The van der Waals surface area contributed by atoms with Gasteiger partial charge >= 0.3 is 0 Å². The molecule has 1 aromatic rings. The number of likely N-dealkylation sites (tertiary alicyclic amines) is 1. The van der Waals surface area contributed by atoms with E-state index in [0.717, 1.165) is 43.2 Å². The van der Waals surface area contributed by atoms with E-state index in [4.69, 9.17) is 9.47 Å². The van der Waals surface area contributed by atoms with Crippen LogP contribution in [0.25, 0.3) is 0 Å². The molecule has 1 amide bonds. The molecule has 5 heteroatoms. The van der Waals surface area contributed by atoms with Gasteiger partial charge in [-0.3, -0.25) is 4.79 Å². The van der Waals surface area contributed by atoms with Crippen LogP contribution in [0.3, 0.4) is 0 Å². The number of ether oxygens (including phenoxy) is 2. The highest BCUT2D eigenvalue weighted by atomic mass is 16.5. The zero-order valence-electron chi connectivity index (χ0n) is 14.6. The SMILES string of the molecule is COc1ccc2c(c1)CC(C(=O)NCCN1CCCCCC1)CO2. The van der Waals surface area contributed by atoms with Crippen molar-refractivity contribution in [1.29, 1.82) is 0 Å². The van der Waals surface area contributed by atoms with Crippen LogP contribution in [0.15, 0.2) is 18.2 Å². The molecule has 0 aromatic heterocycles. The third-order valence-corrected chi connectivity index (χ3v) is 4.97. The number of amides is 1. The van der Waals surface area contributed by atoms with Gasteiger partial charge in [0.15, 0.2) is 0 Å². The van der Waals surface area contributed by atoms with Crippen LogP contribution in [0, 0.1) is 5.92 Å². The highest BCUT2D eigenvalue weighted by Gasteiger charge is 2.26. The molecule has 5 nitrogen and oxygen atoms in total. The summed E-state index contributed by atoms with van der Waals surface area (Å²) in [5, 5.41) is 3.09. The first kappa shape index (κ1) is 17.1. The van der Waals surface area contributed by atoms with Crippen LogP contribution in [0.2, 0.25) is 0 Å². The normalized spacial score (nSPS) is 21.3. The Kier molecular flexibility index (Phi) is 5.96. The van der Waals surface area contributed by atoms with Crippen LogP contribution >= 0.6 is 0 Å². The van der Waals surface area contributed by atoms with Gasteiger partial charge in [0.25, 0.3) is 0 Å². The minimum atomic E-state index is -0.117. The van der Waals surface area contributed by atoms with E-state index >= 15 is 0 Å². The molecule has 24 heavy (non-hydrogen) atoms. The van der Waals surface area contributed by atoms with E-state index in [1.165, 1.54) is 25.7 Å². The van der Waals surface area contributed by atoms with Gasteiger partial charge in [-0.1, -0.05) is 12.8 Å². The van der Waals surface area contributed by atoms with Gasteiger partial charge in [-0.2, -0.15) is 0 Å². The summed E-state index contributed by atoms with van der Waals surface area (Å²) >= 11 is 0. The topological polar surface area (TPSA) is 50.8 Å². The highest BCUT2D eigenvalue weighted by Crippen LogP contribution is 2.30. The maximum Gasteiger partial charge on any atom is 0.226 e. The maximum atomic E-state index is 12.4. The number of hydrogen-bond donors (Lipinski definition) is 1. The molecule has 0 radical (unpaired) electrons. The van der Waals surface area contributed by atoms with Gasteiger partial charge in [-0.25, -0.2) is 0 Å². The summed E-state index contributed by atoms with van der Waals surface area (Å²) in [5.74, 6) is 1.65. The van der Waals surface area contributed by atoms with Crippen molar-refractivity contribution in [1.82, 2.24) is 10.2 Å². The van der Waals surface area contributed by atoms with E-state index in [1.54, 1.807) is 7.11 Å². The second-order valence-corrected chi connectivity index (χ2v) is 6.73. The summed E-state index contributed by atoms with van der Waals surface area (Å²) in [4.78, 5) is 14.9. The number of fused-ring (bicyclic) bond motifs is 1. The lowest BCUT2D eigenvalue weighted by molar-refractivity contribution is -0.126. The van der Waals surface area contributed by atoms with Crippen molar-refractivity contribution in [3.63, 3.8) is 0 Å². The number of rotatable bonds is 5. The zero-order valence-corrected chi connectivity index (χ0v) is 14.6. The fourth-order valence-corrected chi connectivity index (χ4v) is 3.51. The average Bonchev–Trinajstić information content (AvgIpc) is 2.89. The van der Waals surface area contributed by atoms with Crippen molar-refractivity contribution in [3.8, 4) is 11.5 Å². The van der Waals surface area contributed by atoms with E-state index in [9.17, 15) is 4.79 Å². The standard InChI is InChI=1S/C19H28N2O3/c1-23-17-6-7-18-15(13-17)12-16(14-24-18)19(22)20-8-11-21-9-4-2-3-5-10-21/h6-7,13,16H,2-5,8-12,14H2,1H3,(H,20,22). The number of carbonyl (C=O) groups is 1. The molecule has 2 heterocycles. The molecule has 3 rings (SSSR count). The van der Waals surface area contributed by atoms with E-state index in [1.807, 2.05) is 18.2 Å². The predicted octanol–water partition coefficient (Wildman–Crippen LogP) is 2.24. The highest BCUT2D eigenvalue weighted by molar-refractivity contribution is 5.79. The quantitative estimate of drug-likeness (QED) is 0.898. The van der Waals surface area contributed by atoms with E-state index < -0.39 is 0 Å². The minimum absolute atomic E-state index is 0.0956. The molecule has 0 spiro atoms. The molecule has 132 valence electrons. The van der Waals surface area contributed by atoms with Crippen molar-refractivity contribution in [2.24, 2.45) is 5.92 Å². The van der Waals surface area contributed by atoms with E-state index in [-0.39, 0.29) is 11.8 Å². The Morgan fingerprint density at radius 1 is 1.29 bits per heavy atom. The number of methoxy groups -OCH3 is 1. The third kappa shape index (κ3) is 4.41. The summed E-state index contributed by atoms with van der Waals surface area (Å²) in [7, 11) is 1.65. The number of nitrogens with one attached hydrogen (secondary N) is 1. The smallest absolute Gasteiger partial charge is 0.226 e. The number of benzene rings is 1. The van der Waals surface area contributed by atoms with Crippen LogP contribution in [-0.4, -0.2) is 50.7 Å². The maximum absolute atomic E-state index is 12.4. The summed E-state index contributed by atoms with van der Waals surface area (Å²) in [6.07, 6.45) is 5.95. The van der Waals surface area contributed by atoms with E-state index in [2.05, 4.69) is 10.2 Å². The van der Waals surface area contributed by atoms with Gasteiger partial charge in [0.05, 0.1) is 13.0 Å². The lowest BCUT2D eigenvalue weighted by Gasteiger charge is -2.25. The molecular formula is C19H28N2O3. The third-order valence-electron chi connectivity index (χ3n) is 4.97. The molecule has 1 fully saturated rings. The summed E-state index contributed by atoms with van der Waals surface area (Å²) in [6.45, 7) is 4.45. The number of carbonyl (C=O) groups excluding carboxylic acids is 1. The van der Waals surface area contributed by atoms with Crippen molar-refractivity contribution in [2.45, 2.75) is 32.1 Å². The second-order valence-electron chi connectivity index (χ2n) is 6.73. The molecule has 1 N–H and O–H groups in total. The summed E-state index contributed by atoms with van der Waals surface area (Å²) in [5.41, 5.74) is 1.05. The lowest BCUT2D eigenvalue weighted by Crippen LogP contribution is -2.41. The first-order valence-electron chi connectivity index (χ1n) is 9.06. The summed E-state index contributed by atoms with van der Waals surface area (Å²) in [6, 6.07) is 5.77. The van der Waals surface area contributed by atoms with Crippen molar-refractivity contribution >= 4 is 5.91 Å². The Labute approximate surface area is 144 Å². The largest absolute Gasteiger partial charge is 0.497 e. The molecule has 1 saturated heterocycles. The first-order chi connectivity index (χ1) is 11.8. The van der Waals surface area contributed by atoms with Gasteiger partial charge in [-0.15, -0.1) is 0 Å². The van der Waals surface area contributed by atoms with Crippen molar-refractivity contribution < 1.29 is 14.3 Å². The van der Waals surface area contributed by atoms with Crippen LogP contribution in [0.4, 0.5) is 0 Å². The number of nitrogens with zero attached hydrogens (tertiary/aromatic N) is 1. The molecule has 2 aliphatic rings. The Hall–Kier alpha value is -1.75. The molecule has 0 aliphatic carbocycles. The molecule has 0 saturated carbocycles. The molecule has 2 aliphatic heterocycles. The number of hydrogen-bond acceptors (Lipinski definition) is 4. The van der Waals surface area contributed by atoms with Crippen LogP contribution in [-0.2, 0) is 11.2 Å². The zero-order chi connectivity index (χ0) is 16.8. The average molecular weight is 332 g/mol. The molecule has 1 atom stereocenters. The second kappa shape index (κ2) is 8.38. The van der Waals surface area contributed by atoms with Crippen LogP contribution in [0.1, 0.15) is 31.2 Å². The Bertz CT molecular complexity index is 554. The Morgan fingerprint density at radius 3 is 2.83 bits per heavy atom. The monoisotopic (exact) mass is 332 g/mol. The van der Waals surface area contributed by atoms with Gasteiger partial charge in [-0.05, 0) is 56.1 Å². The van der Waals surface area contributed by atoms with Crippen molar-refractivity contribution in [3.05, 3.63) is 23.8 Å².